The number of nitriles is 1. The van der Waals surface area contributed by atoms with Gasteiger partial charge in [0.15, 0.2) is 24.5 Å². The number of aromatic nitrogens is 1. The summed E-state index contributed by atoms with van der Waals surface area (Å²) in [5.74, 6) is -2.35. The standard InChI is InChI=1S/C27H28N2O10S/c1-13(30)35-12-21-23(36-14(2)31)24(37-15(3)32)25(38-16(4)33)26(39-21)29-19-8-5-7-17(19)22(18(11-28)27(29)40)20-9-6-10-34-20/h6,9-10,21,23-26H,5,7-8,12H2,1-4H3/t21-,23+,24+,25-,26-/m1/s1. The average Bonchev–Trinajstić information content (AvgIpc) is 3.57. The molecule has 0 radical (unpaired) electrons. The fourth-order valence-corrected chi connectivity index (χ4v) is 5.60. The molecule has 0 spiro atoms. The van der Waals surface area contributed by atoms with E-state index in [1.54, 1.807) is 16.7 Å². The smallest absolute Gasteiger partial charge is 0.303 e. The lowest BCUT2D eigenvalue weighted by atomic mass is 9.95. The van der Waals surface area contributed by atoms with Crippen molar-refractivity contribution < 1.29 is 47.3 Å². The second-order valence-electron chi connectivity index (χ2n) is 9.38. The van der Waals surface area contributed by atoms with Gasteiger partial charge in [0, 0.05) is 39.0 Å². The van der Waals surface area contributed by atoms with Crippen LogP contribution in [0.15, 0.2) is 22.8 Å². The Morgan fingerprint density at radius 2 is 1.65 bits per heavy atom. The van der Waals surface area contributed by atoms with Crippen LogP contribution < -0.4 is 0 Å². The molecule has 1 aliphatic carbocycles. The molecule has 1 saturated heterocycles. The first-order valence-corrected chi connectivity index (χ1v) is 13.0. The Morgan fingerprint density at radius 3 is 2.23 bits per heavy atom. The molecule has 3 heterocycles. The molecule has 0 saturated carbocycles. The van der Waals surface area contributed by atoms with Crippen LogP contribution in [-0.4, -0.2) is 59.5 Å². The number of carbonyl (C=O) groups excluding carboxylic acids is 4. The van der Waals surface area contributed by atoms with E-state index in [-0.39, 0.29) is 16.8 Å². The summed E-state index contributed by atoms with van der Waals surface area (Å²) in [6, 6.07) is 5.62. The Hall–Kier alpha value is -4.02. The first-order chi connectivity index (χ1) is 19.0. The molecular formula is C27H28N2O10S. The predicted octanol–water partition coefficient (Wildman–Crippen LogP) is 3.09. The molecule has 5 atom stereocenters. The fourth-order valence-electron chi connectivity index (χ4n) is 5.24. The molecule has 0 N–H and O–H groups in total. The maximum atomic E-state index is 12.3. The molecule has 212 valence electrons. The summed E-state index contributed by atoms with van der Waals surface area (Å²) in [5.41, 5.74) is 2.26. The van der Waals surface area contributed by atoms with Crippen molar-refractivity contribution in [1.29, 1.82) is 5.26 Å². The Bertz CT molecular complexity index is 1420. The van der Waals surface area contributed by atoms with Gasteiger partial charge in [-0.3, -0.25) is 19.2 Å². The van der Waals surface area contributed by atoms with Crippen LogP contribution in [0.5, 0.6) is 0 Å². The highest BCUT2D eigenvalue weighted by Gasteiger charge is 2.53. The van der Waals surface area contributed by atoms with Gasteiger partial charge in [0.05, 0.1) is 11.8 Å². The van der Waals surface area contributed by atoms with E-state index in [4.69, 9.17) is 40.3 Å². The third-order valence-electron chi connectivity index (χ3n) is 6.56. The fraction of sp³-hybridized carbons (Fsp3) is 0.481. The zero-order chi connectivity index (χ0) is 29.1. The molecular weight excluding hydrogens is 544 g/mol. The van der Waals surface area contributed by atoms with Crippen molar-refractivity contribution in [1.82, 2.24) is 4.57 Å². The predicted molar refractivity (Wildman–Crippen MR) is 137 cm³/mol. The van der Waals surface area contributed by atoms with Crippen LogP contribution >= 0.6 is 12.2 Å². The van der Waals surface area contributed by atoms with Gasteiger partial charge in [0.2, 0.25) is 0 Å². The summed E-state index contributed by atoms with van der Waals surface area (Å²) >= 11 is 5.81. The topological polar surface area (TPSA) is 156 Å². The van der Waals surface area contributed by atoms with E-state index in [0.717, 1.165) is 38.4 Å². The molecule has 0 unspecified atom stereocenters. The molecule has 1 aliphatic heterocycles. The average molecular weight is 573 g/mol. The molecule has 2 aromatic heterocycles. The molecule has 13 heteroatoms. The molecule has 0 amide bonds. The highest BCUT2D eigenvalue weighted by atomic mass is 32.1. The minimum absolute atomic E-state index is 0.0791. The number of rotatable bonds is 7. The second kappa shape index (κ2) is 12.0. The highest BCUT2D eigenvalue weighted by Crippen LogP contribution is 2.42. The maximum Gasteiger partial charge on any atom is 0.303 e. The molecule has 2 aliphatic rings. The third-order valence-corrected chi connectivity index (χ3v) is 6.96. The number of hydrogen-bond donors (Lipinski definition) is 0. The lowest BCUT2D eigenvalue weighted by molar-refractivity contribution is -0.269. The first-order valence-electron chi connectivity index (χ1n) is 12.6. The van der Waals surface area contributed by atoms with Crippen molar-refractivity contribution in [3.63, 3.8) is 0 Å². The molecule has 40 heavy (non-hydrogen) atoms. The van der Waals surface area contributed by atoms with Gasteiger partial charge in [-0.05, 0) is 37.0 Å². The van der Waals surface area contributed by atoms with Gasteiger partial charge in [-0.2, -0.15) is 5.26 Å². The lowest BCUT2D eigenvalue weighted by Crippen LogP contribution is -2.60. The third kappa shape index (κ3) is 5.78. The van der Waals surface area contributed by atoms with Gasteiger partial charge in [0.25, 0.3) is 0 Å². The highest BCUT2D eigenvalue weighted by molar-refractivity contribution is 7.71. The molecule has 4 rings (SSSR count). The normalized spacial score (nSPS) is 23.4. The maximum absolute atomic E-state index is 12.3. The van der Waals surface area contributed by atoms with Crippen molar-refractivity contribution >= 4 is 36.1 Å². The Balaban J connectivity index is 1.95. The second-order valence-corrected chi connectivity index (χ2v) is 9.77. The minimum Gasteiger partial charge on any atom is -0.464 e. The van der Waals surface area contributed by atoms with E-state index in [1.165, 1.54) is 13.2 Å². The Kier molecular flexibility index (Phi) is 8.70. The molecule has 0 aromatic carbocycles. The van der Waals surface area contributed by atoms with Gasteiger partial charge in [-0.15, -0.1) is 0 Å². The minimum atomic E-state index is -1.36. The number of nitrogens with zero attached hydrogens (tertiary/aromatic N) is 2. The van der Waals surface area contributed by atoms with Crippen molar-refractivity contribution in [3.8, 4) is 17.4 Å². The number of esters is 4. The Morgan fingerprint density at radius 1 is 1.00 bits per heavy atom. The number of ether oxygens (including phenoxy) is 5. The zero-order valence-electron chi connectivity index (χ0n) is 22.3. The van der Waals surface area contributed by atoms with E-state index in [9.17, 15) is 24.4 Å². The SMILES string of the molecule is CC(=O)OC[C@H]1O[C@@H](n2c3c(c(-c4ccco4)c(C#N)c2=S)CCC3)[C@H](OC(C)=O)[C@@H](OC(C)=O)[C@H]1OC(C)=O. The largest absolute Gasteiger partial charge is 0.464 e. The number of furan rings is 1. The number of fused-ring (bicyclic) bond motifs is 1. The first kappa shape index (κ1) is 29.0. The lowest BCUT2D eigenvalue weighted by Gasteiger charge is -2.45. The van der Waals surface area contributed by atoms with E-state index in [2.05, 4.69) is 6.07 Å². The summed E-state index contributed by atoms with van der Waals surface area (Å²) in [5, 5.41) is 10.2. The van der Waals surface area contributed by atoms with Gasteiger partial charge in [-0.25, -0.2) is 0 Å². The van der Waals surface area contributed by atoms with Gasteiger partial charge >= 0.3 is 23.9 Å². The molecule has 2 aromatic rings. The zero-order valence-corrected chi connectivity index (χ0v) is 23.1. The van der Waals surface area contributed by atoms with Crippen LogP contribution in [0.3, 0.4) is 0 Å². The summed E-state index contributed by atoms with van der Waals surface area (Å²) < 4.78 is 35.5. The number of carbonyl (C=O) groups is 4. The summed E-state index contributed by atoms with van der Waals surface area (Å²) in [4.78, 5) is 48.2. The van der Waals surface area contributed by atoms with Crippen LogP contribution in [0.1, 0.15) is 57.2 Å². The van der Waals surface area contributed by atoms with Crippen LogP contribution in [0.25, 0.3) is 11.3 Å². The molecule has 1 fully saturated rings. The number of pyridine rings is 1. The van der Waals surface area contributed by atoms with Crippen molar-refractivity contribution in [2.45, 2.75) is 77.6 Å². The van der Waals surface area contributed by atoms with E-state index >= 15 is 0 Å². The van der Waals surface area contributed by atoms with Crippen molar-refractivity contribution in [3.05, 3.63) is 39.9 Å². The van der Waals surface area contributed by atoms with Crippen LogP contribution in [0, 0.1) is 16.0 Å². The van der Waals surface area contributed by atoms with Crippen LogP contribution in [-0.2, 0) is 55.7 Å². The van der Waals surface area contributed by atoms with Crippen molar-refractivity contribution in [2.24, 2.45) is 0 Å². The monoisotopic (exact) mass is 572 g/mol. The van der Waals surface area contributed by atoms with Crippen molar-refractivity contribution in [2.75, 3.05) is 6.61 Å². The molecule has 12 nitrogen and oxygen atoms in total. The summed E-state index contributed by atoms with van der Waals surface area (Å²) in [6.07, 6.45) is -3.01. The Labute approximate surface area is 234 Å². The van der Waals surface area contributed by atoms with Gasteiger partial charge in [-0.1, -0.05) is 12.2 Å². The summed E-state index contributed by atoms with van der Waals surface area (Å²) in [7, 11) is 0. The van der Waals surface area contributed by atoms with E-state index < -0.39 is 54.5 Å². The summed E-state index contributed by atoms with van der Waals surface area (Å²) in [6.45, 7) is 4.28. The van der Waals surface area contributed by atoms with Crippen LogP contribution in [0.2, 0.25) is 0 Å². The quantitative estimate of drug-likeness (QED) is 0.272. The van der Waals surface area contributed by atoms with Gasteiger partial charge in [0.1, 0.15) is 29.2 Å². The van der Waals surface area contributed by atoms with Crippen LogP contribution in [0.4, 0.5) is 0 Å². The van der Waals surface area contributed by atoms with Gasteiger partial charge < -0.3 is 32.7 Å². The molecule has 0 bridgehead atoms. The van der Waals surface area contributed by atoms with E-state index in [1.807, 2.05) is 0 Å². The van der Waals surface area contributed by atoms with E-state index in [0.29, 0.717) is 24.2 Å². The number of hydrogen-bond acceptors (Lipinski definition) is 12.